The minimum absolute atomic E-state index is 0.0465. The van der Waals surface area contributed by atoms with Gasteiger partial charge in [-0.05, 0) is 57.7 Å². The van der Waals surface area contributed by atoms with Gasteiger partial charge in [-0.3, -0.25) is 4.79 Å². The molecule has 2 saturated heterocycles. The van der Waals surface area contributed by atoms with Crippen molar-refractivity contribution in [2.24, 2.45) is 0 Å². The quantitative estimate of drug-likeness (QED) is 0.467. The van der Waals surface area contributed by atoms with Crippen molar-refractivity contribution in [1.82, 2.24) is 19.6 Å². The highest BCUT2D eigenvalue weighted by molar-refractivity contribution is 5.95. The molecular weight excluding hydrogens is 464 g/mol. The first-order valence-corrected chi connectivity index (χ1v) is 13.3. The van der Waals surface area contributed by atoms with Crippen LogP contribution in [-0.4, -0.2) is 63.4 Å². The molecule has 194 valence electrons. The largest absolute Gasteiger partial charge is 0.444 e. The molecule has 7 heteroatoms. The van der Waals surface area contributed by atoms with Crippen LogP contribution in [0.4, 0.5) is 4.79 Å². The summed E-state index contributed by atoms with van der Waals surface area (Å²) in [5.41, 5.74) is 3.32. The van der Waals surface area contributed by atoms with Crippen molar-refractivity contribution < 1.29 is 14.3 Å². The number of aromatic nitrogens is 2. The highest BCUT2D eigenvalue weighted by atomic mass is 16.6. The molecule has 2 fully saturated rings. The number of hydrogen-bond donors (Lipinski definition) is 0. The van der Waals surface area contributed by atoms with Gasteiger partial charge in [0.2, 0.25) is 0 Å². The van der Waals surface area contributed by atoms with E-state index in [0.29, 0.717) is 24.6 Å². The predicted octanol–water partition coefficient (Wildman–Crippen LogP) is 5.62. The van der Waals surface area contributed by atoms with Gasteiger partial charge in [0.15, 0.2) is 0 Å². The summed E-state index contributed by atoms with van der Waals surface area (Å²) in [6, 6.07) is 20.4. The summed E-state index contributed by atoms with van der Waals surface area (Å²) in [5.74, 6) is 0.521. The van der Waals surface area contributed by atoms with Crippen molar-refractivity contribution >= 4 is 12.0 Å². The Morgan fingerprint density at radius 1 is 0.838 bits per heavy atom. The van der Waals surface area contributed by atoms with Gasteiger partial charge in [0.05, 0.1) is 23.1 Å². The number of likely N-dealkylation sites (tertiary alicyclic amines) is 2. The van der Waals surface area contributed by atoms with Crippen LogP contribution in [0.2, 0.25) is 0 Å². The van der Waals surface area contributed by atoms with Gasteiger partial charge in [-0.1, -0.05) is 48.5 Å². The first kappa shape index (κ1) is 25.1. The van der Waals surface area contributed by atoms with E-state index in [4.69, 9.17) is 9.84 Å². The SMILES string of the molecule is CC(C)(C)OC(=O)N1CCC(c2c(C(=O)N3CC[C@H](c4ccccc4)C3)cnn2-c2ccccc2)CC1. The lowest BCUT2D eigenvalue weighted by Gasteiger charge is -2.34. The first-order valence-electron chi connectivity index (χ1n) is 13.3. The molecule has 0 aliphatic carbocycles. The minimum atomic E-state index is -0.521. The fourth-order valence-electron chi connectivity index (χ4n) is 5.46. The maximum absolute atomic E-state index is 13.8. The summed E-state index contributed by atoms with van der Waals surface area (Å²) in [6.07, 6.45) is 3.94. The molecule has 7 nitrogen and oxygen atoms in total. The van der Waals surface area contributed by atoms with E-state index in [0.717, 1.165) is 43.7 Å². The summed E-state index contributed by atoms with van der Waals surface area (Å²) < 4.78 is 7.50. The molecule has 2 aliphatic rings. The Balaban J connectivity index is 1.38. The molecule has 5 rings (SSSR count). The van der Waals surface area contributed by atoms with Crippen LogP contribution < -0.4 is 0 Å². The van der Waals surface area contributed by atoms with Crippen molar-refractivity contribution in [2.45, 2.75) is 57.5 Å². The average Bonchev–Trinajstić information content (AvgIpc) is 3.57. The second-order valence-corrected chi connectivity index (χ2v) is 11.1. The molecule has 0 N–H and O–H groups in total. The van der Waals surface area contributed by atoms with Crippen LogP contribution in [0.5, 0.6) is 0 Å². The van der Waals surface area contributed by atoms with Gasteiger partial charge >= 0.3 is 6.09 Å². The molecule has 3 aromatic rings. The monoisotopic (exact) mass is 500 g/mol. The molecular formula is C30H36N4O3. The predicted molar refractivity (Wildman–Crippen MR) is 143 cm³/mol. The minimum Gasteiger partial charge on any atom is -0.444 e. The van der Waals surface area contributed by atoms with Crippen molar-refractivity contribution in [3.8, 4) is 5.69 Å². The summed E-state index contributed by atoms with van der Waals surface area (Å²) >= 11 is 0. The van der Waals surface area contributed by atoms with Crippen LogP contribution in [0.3, 0.4) is 0 Å². The van der Waals surface area contributed by atoms with Gasteiger partial charge in [0.25, 0.3) is 5.91 Å². The molecule has 1 atom stereocenters. The second-order valence-electron chi connectivity index (χ2n) is 11.1. The maximum atomic E-state index is 13.8. The van der Waals surface area contributed by atoms with Crippen molar-refractivity contribution in [3.63, 3.8) is 0 Å². The zero-order valence-corrected chi connectivity index (χ0v) is 22.0. The summed E-state index contributed by atoms with van der Waals surface area (Å²) in [7, 11) is 0. The van der Waals surface area contributed by atoms with Crippen LogP contribution >= 0.6 is 0 Å². The molecule has 0 unspecified atom stereocenters. The lowest BCUT2D eigenvalue weighted by Crippen LogP contribution is -2.41. The van der Waals surface area contributed by atoms with E-state index in [1.807, 2.05) is 66.8 Å². The lowest BCUT2D eigenvalue weighted by atomic mass is 9.90. The highest BCUT2D eigenvalue weighted by Gasteiger charge is 2.35. The number of benzene rings is 2. The lowest BCUT2D eigenvalue weighted by molar-refractivity contribution is 0.0203. The Morgan fingerprint density at radius 3 is 2.08 bits per heavy atom. The summed E-state index contributed by atoms with van der Waals surface area (Å²) in [5, 5.41) is 4.70. The van der Waals surface area contributed by atoms with Gasteiger partial charge in [-0.25, -0.2) is 9.48 Å². The number of carbonyl (C=O) groups is 2. The van der Waals surface area contributed by atoms with E-state index in [9.17, 15) is 9.59 Å². The van der Waals surface area contributed by atoms with Gasteiger partial charge in [-0.2, -0.15) is 5.10 Å². The molecule has 3 heterocycles. The number of para-hydroxylation sites is 1. The van der Waals surface area contributed by atoms with E-state index < -0.39 is 5.60 Å². The molecule has 2 amide bonds. The molecule has 2 aromatic carbocycles. The van der Waals surface area contributed by atoms with Crippen LogP contribution in [0, 0.1) is 0 Å². The number of carbonyl (C=O) groups excluding carboxylic acids is 2. The van der Waals surface area contributed by atoms with E-state index in [1.165, 1.54) is 5.56 Å². The average molecular weight is 501 g/mol. The Hall–Kier alpha value is -3.61. The molecule has 0 spiro atoms. The number of piperidine rings is 1. The van der Waals surface area contributed by atoms with Crippen molar-refractivity contribution in [1.29, 1.82) is 0 Å². The molecule has 0 radical (unpaired) electrons. The fourth-order valence-corrected chi connectivity index (χ4v) is 5.46. The fraction of sp³-hybridized carbons (Fsp3) is 0.433. The number of ether oxygens (including phenoxy) is 1. The summed E-state index contributed by atoms with van der Waals surface area (Å²) in [6.45, 7) is 8.29. The second kappa shape index (κ2) is 10.4. The van der Waals surface area contributed by atoms with Crippen molar-refractivity contribution in [3.05, 3.63) is 83.7 Å². The standard InChI is InChI=1S/C30H36N4O3/c1-30(2,3)37-29(36)32-17-14-23(15-18-32)27-26(20-31-34(27)25-12-8-5-9-13-25)28(35)33-19-16-24(21-33)22-10-6-4-7-11-22/h4-13,20,23-24H,14-19,21H2,1-3H3/t24-/m0/s1. The maximum Gasteiger partial charge on any atom is 0.410 e. The van der Waals surface area contributed by atoms with Gasteiger partial charge in [-0.15, -0.1) is 0 Å². The number of hydrogen-bond acceptors (Lipinski definition) is 4. The van der Waals surface area contributed by atoms with E-state index >= 15 is 0 Å². The summed E-state index contributed by atoms with van der Waals surface area (Å²) in [4.78, 5) is 30.2. The zero-order chi connectivity index (χ0) is 26.0. The molecule has 0 bridgehead atoms. The van der Waals surface area contributed by atoms with Crippen LogP contribution in [0.1, 0.15) is 73.5 Å². The van der Waals surface area contributed by atoms with Crippen LogP contribution in [0.15, 0.2) is 66.9 Å². The zero-order valence-electron chi connectivity index (χ0n) is 22.0. The molecule has 2 aliphatic heterocycles. The molecule has 37 heavy (non-hydrogen) atoms. The normalized spacial score (nSPS) is 18.7. The highest BCUT2D eigenvalue weighted by Crippen LogP contribution is 2.35. The third-order valence-electron chi connectivity index (χ3n) is 7.32. The number of amides is 2. The van der Waals surface area contributed by atoms with Crippen LogP contribution in [-0.2, 0) is 4.74 Å². The smallest absolute Gasteiger partial charge is 0.410 e. The van der Waals surface area contributed by atoms with E-state index in [1.54, 1.807) is 11.1 Å². The molecule has 1 aromatic heterocycles. The Bertz CT molecular complexity index is 1220. The van der Waals surface area contributed by atoms with Gasteiger partial charge in [0.1, 0.15) is 5.60 Å². The first-order chi connectivity index (χ1) is 17.8. The van der Waals surface area contributed by atoms with Gasteiger partial charge in [0, 0.05) is 38.0 Å². The van der Waals surface area contributed by atoms with E-state index in [-0.39, 0.29) is 17.9 Å². The number of nitrogens with zero attached hydrogens (tertiary/aromatic N) is 4. The Labute approximate surface area is 219 Å². The Morgan fingerprint density at radius 2 is 1.43 bits per heavy atom. The van der Waals surface area contributed by atoms with Crippen molar-refractivity contribution in [2.75, 3.05) is 26.2 Å². The third-order valence-corrected chi connectivity index (χ3v) is 7.32. The van der Waals surface area contributed by atoms with E-state index in [2.05, 4.69) is 24.3 Å². The van der Waals surface area contributed by atoms with Crippen LogP contribution in [0.25, 0.3) is 5.69 Å². The number of rotatable bonds is 4. The third kappa shape index (κ3) is 5.55. The van der Waals surface area contributed by atoms with Gasteiger partial charge < -0.3 is 14.5 Å². The Kier molecular flexibility index (Phi) is 7.04. The molecule has 0 saturated carbocycles. The topological polar surface area (TPSA) is 67.7 Å².